The Labute approximate surface area is 333 Å². The van der Waals surface area contributed by atoms with Crippen LogP contribution in [0.5, 0.6) is 0 Å². The number of imidazole rings is 1. The Morgan fingerprint density at radius 1 is 0.414 bits per heavy atom. The van der Waals surface area contributed by atoms with Crippen molar-refractivity contribution in [2.75, 3.05) is 0 Å². The minimum absolute atomic E-state index is 0.802. The molecule has 0 saturated carbocycles. The van der Waals surface area contributed by atoms with Gasteiger partial charge in [0.05, 0.1) is 27.6 Å². The topological polar surface area (TPSA) is 52.2 Å². The highest BCUT2D eigenvalue weighted by Gasteiger charge is 2.30. The second kappa shape index (κ2) is 12.6. The van der Waals surface area contributed by atoms with Gasteiger partial charge < -0.3 is 4.57 Å². The summed E-state index contributed by atoms with van der Waals surface area (Å²) in [7, 11) is -3.11. The molecule has 0 N–H and O–H groups in total. The molecule has 272 valence electrons. The van der Waals surface area contributed by atoms with Crippen LogP contribution < -0.4 is 15.9 Å². The number of aromatic nitrogens is 4. The van der Waals surface area contributed by atoms with Crippen molar-refractivity contribution < 1.29 is 4.57 Å². The minimum atomic E-state index is -3.11. The smallest absolute Gasteiger partial charge is 0.221 e. The lowest BCUT2D eigenvalue weighted by molar-refractivity contribution is 0.592. The first-order valence-corrected chi connectivity index (χ1v) is 21.2. The van der Waals surface area contributed by atoms with Gasteiger partial charge >= 0.3 is 0 Å². The van der Waals surface area contributed by atoms with Crippen LogP contribution in [0.1, 0.15) is 0 Å². The Morgan fingerprint density at radius 3 is 1.76 bits per heavy atom. The average Bonchev–Trinajstić information content (AvgIpc) is 3.85. The van der Waals surface area contributed by atoms with Crippen molar-refractivity contribution in [3.63, 3.8) is 0 Å². The molecule has 12 aromatic rings. The molecule has 3 heterocycles. The van der Waals surface area contributed by atoms with Crippen molar-refractivity contribution in [1.29, 1.82) is 0 Å². The Bertz CT molecular complexity index is 3620. The maximum absolute atomic E-state index is 15.2. The van der Waals surface area contributed by atoms with Crippen LogP contribution in [0.2, 0.25) is 0 Å². The van der Waals surface area contributed by atoms with Gasteiger partial charge in [0, 0.05) is 37.5 Å². The summed E-state index contributed by atoms with van der Waals surface area (Å²) in [6.07, 6.45) is 0. The molecular formula is C52H33N4OP. The highest BCUT2D eigenvalue weighted by Crippen LogP contribution is 2.45. The van der Waals surface area contributed by atoms with Crippen molar-refractivity contribution >= 4 is 94.0 Å². The third-order valence-electron chi connectivity index (χ3n) is 11.7. The fourth-order valence-corrected chi connectivity index (χ4v) is 11.8. The van der Waals surface area contributed by atoms with Gasteiger partial charge in [0.25, 0.3) is 0 Å². The molecule has 0 spiro atoms. The molecule has 0 aliphatic heterocycles. The van der Waals surface area contributed by atoms with Gasteiger partial charge in [-0.1, -0.05) is 152 Å². The largest absolute Gasteiger partial charge is 0.309 e. The molecule has 0 fully saturated rings. The third-order valence-corrected chi connectivity index (χ3v) is 14.8. The zero-order chi connectivity index (χ0) is 38.4. The predicted molar refractivity (Wildman–Crippen MR) is 242 cm³/mol. The second-order valence-corrected chi connectivity index (χ2v) is 17.7. The zero-order valence-electron chi connectivity index (χ0n) is 31.2. The number of benzene rings is 9. The van der Waals surface area contributed by atoms with Crippen LogP contribution >= 0.6 is 7.14 Å². The first kappa shape index (κ1) is 32.9. The molecule has 3 aromatic heterocycles. The van der Waals surface area contributed by atoms with Crippen molar-refractivity contribution in [3.8, 4) is 17.1 Å². The monoisotopic (exact) mass is 760 g/mol. The van der Waals surface area contributed by atoms with E-state index in [1.165, 1.54) is 0 Å². The van der Waals surface area contributed by atoms with Gasteiger partial charge in [-0.25, -0.2) is 9.97 Å². The van der Waals surface area contributed by atoms with Crippen molar-refractivity contribution in [3.05, 3.63) is 200 Å². The van der Waals surface area contributed by atoms with Crippen LogP contribution in [-0.4, -0.2) is 18.9 Å². The summed E-state index contributed by atoms with van der Waals surface area (Å²) in [6, 6.07) is 69.0. The first-order valence-electron chi connectivity index (χ1n) is 19.5. The fraction of sp³-hybridized carbons (Fsp3) is 0. The quantitative estimate of drug-likeness (QED) is 0.164. The molecule has 12 rings (SSSR count). The molecule has 0 amide bonds. The molecule has 0 atom stereocenters. The Kier molecular flexibility index (Phi) is 7.14. The van der Waals surface area contributed by atoms with E-state index in [1.54, 1.807) is 0 Å². The Hall–Kier alpha value is -7.33. The van der Waals surface area contributed by atoms with E-state index in [9.17, 15) is 0 Å². The van der Waals surface area contributed by atoms with Gasteiger partial charge in [0.1, 0.15) is 5.65 Å². The van der Waals surface area contributed by atoms with Gasteiger partial charge in [0.2, 0.25) is 5.95 Å². The predicted octanol–water partition coefficient (Wildman–Crippen LogP) is 11.7. The second-order valence-electron chi connectivity index (χ2n) is 14.9. The molecule has 0 saturated heterocycles. The standard InChI is InChI=1S/C52H33N4OP/c57-58(37-15-3-1-4-16-37,38-17-5-2-6-18-38)39-30-29-34-31-36(28-27-35(34)32-39)44-33-45-41-20-10-13-25-48(41)55(50(45)42-21-8-7-19-40(42)44)52-54-46-23-11-9-22-43(46)51-53-47-24-12-14-26-49(47)56(51)52/h1-33H. The molecule has 58 heavy (non-hydrogen) atoms. The summed E-state index contributed by atoms with van der Waals surface area (Å²) in [6.45, 7) is 0. The maximum atomic E-state index is 15.2. The molecule has 5 nitrogen and oxygen atoms in total. The van der Waals surface area contributed by atoms with Gasteiger partial charge in [-0.15, -0.1) is 0 Å². The third kappa shape index (κ3) is 4.75. The summed E-state index contributed by atoms with van der Waals surface area (Å²) in [4.78, 5) is 10.6. The maximum Gasteiger partial charge on any atom is 0.221 e. The lowest BCUT2D eigenvalue weighted by Crippen LogP contribution is -2.24. The fourth-order valence-electron chi connectivity index (χ4n) is 9.07. The van der Waals surface area contributed by atoms with Gasteiger partial charge in [-0.3, -0.25) is 8.97 Å². The van der Waals surface area contributed by atoms with Crippen LogP contribution in [0.3, 0.4) is 0 Å². The summed E-state index contributed by atoms with van der Waals surface area (Å²) in [5.74, 6) is 0.802. The van der Waals surface area contributed by atoms with E-state index < -0.39 is 7.14 Å². The zero-order valence-corrected chi connectivity index (χ0v) is 32.1. The number of hydrogen-bond donors (Lipinski definition) is 0. The SMILES string of the molecule is O=P(c1ccccc1)(c1ccccc1)c1ccc2cc(-c3cc4c5ccccc5n(-c5nc6ccccc6c6nc7ccccc7n56)c4c4ccccc34)ccc2c1. The highest BCUT2D eigenvalue weighted by atomic mass is 31.2. The summed E-state index contributed by atoms with van der Waals surface area (Å²) in [5.41, 5.74) is 8.19. The number of hydrogen-bond acceptors (Lipinski definition) is 3. The summed E-state index contributed by atoms with van der Waals surface area (Å²) >= 11 is 0. The van der Waals surface area contributed by atoms with E-state index in [-0.39, 0.29) is 0 Å². The number of fused-ring (bicyclic) bond motifs is 11. The van der Waals surface area contributed by atoms with Crippen molar-refractivity contribution in [2.45, 2.75) is 0 Å². The normalized spacial score (nSPS) is 12.2. The molecule has 0 bridgehead atoms. The molecule has 6 heteroatoms. The van der Waals surface area contributed by atoms with Gasteiger partial charge in [0.15, 0.2) is 7.14 Å². The van der Waals surface area contributed by atoms with E-state index in [1.807, 2.05) is 72.8 Å². The molecule has 0 aliphatic rings. The van der Waals surface area contributed by atoms with E-state index in [0.717, 1.165) is 104 Å². The molecule has 0 unspecified atom stereocenters. The summed E-state index contributed by atoms with van der Waals surface area (Å²) < 4.78 is 19.8. The lowest BCUT2D eigenvalue weighted by Gasteiger charge is -2.20. The number of rotatable bonds is 5. The van der Waals surface area contributed by atoms with Crippen LogP contribution in [0.15, 0.2) is 200 Å². The Balaban J connectivity index is 1.09. The van der Waals surface area contributed by atoms with Crippen molar-refractivity contribution in [1.82, 2.24) is 18.9 Å². The average molecular weight is 761 g/mol. The highest BCUT2D eigenvalue weighted by molar-refractivity contribution is 7.85. The van der Waals surface area contributed by atoms with E-state index in [0.29, 0.717) is 0 Å². The van der Waals surface area contributed by atoms with Crippen LogP contribution in [0, 0.1) is 0 Å². The van der Waals surface area contributed by atoms with E-state index in [2.05, 4.69) is 136 Å². The molecule has 0 radical (unpaired) electrons. The molecule has 9 aromatic carbocycles. The van der Waals surface area contributed by atoms with E-state index in [4.69, 9.17) is 9.97 Å². The number of nitrogens with zero attached hydrogens (tertiary/aromatic N) is 4. The first-order chi connectivity index (χ1) is 28.6. The summed E-state index contributed by atoms with van der Waals surface area (Å²) in [5, 5.41) is 10.2. The molecule has 0 aliphatic carbocycles. The van der Waals surface area contributed by atoms with Crippen LogP contribution in [0.4, 0.5) is 0 Å². The minimum Gasteiger partial charge on any atom is -0.309 e. The van der Waals surface area contributed by atoms with Crippen molar-refractivity contribution in [2.24, 2.45) is 0 Å². The van der Waals surface area contributed by atoms with Gasteiger partial charge in [-0.05, 0) is 75.8 Å². The lowest BCUT2D eigenvalue weighted by atomic mass is 9.94. The Morgan fingerprint density at radius 2 is 1.00 bits per heavy atom. The van der Waals surface area contributed by atoms with Crippen LogP contribution in [0.25, 0.3) is 88.0 Å². The van der Waals surface area contributed by atoms with E-state index >= 15 is 4.57 Å². The van der Waals surface area contributed by atoms with Crippen LogP contribution in [-0.2, 0) is 4.57 Å². The number of para-hydroxylation sites is 4. The van der Waals surface area contributed by atoms with Gasteiger partial charge in [-0.2, -0.15) is 0 Å². The molecular weight excluding hydrogens is 728 g/mol.